The fourth-order valence-corrected chi connectivity index (χ4v) is 13.5. The normalized spacial score (nSPS) is 42.1. The van der Waals surface area contributed by atoms with Crippen LogP contribution < -0.4 is 207 Å². The Morgan fingerprint density at radius 1 is 0.179 bits per heavy atom. The number of hydrogen-bond donors (Lipinski definition) is 14. The first kappa shape index (κ1) is 115. The largest absolute Gasteiger partial charge is 1.00 e. The molecule has 1 unspecified atom stereocenters. The first-order valence-corrected chi connectivity index (χ1v) is 38.4. The van der Waals surface area contributed by atoms with Crippen LogP contribution in [0.1, 0.15) is 0 Å². The van der Waals surface area contributed by atoms with Crippen molar-refractivity contribution in [2.75, 3.05) is 46.2 Å². The molecule has 0 aliphatic carbocycles. The minimum Gasteiger partial charge on any atom is -0.726 e. The Bertz CT molecular complexity index is 3080. The van der Waals surface area contributed by atoms with Crippen LogP contribution in [0.4, 0.5) is 0 Å². The number of hydrogen-bond acceptors (Lipinski definition) is 56. The van der Waals surface area contributed by atoms with Gasteiger partial charge in [-0.15, -0.1) is 0 Å². The molecule has 0 radical (unpaired) electrons. The molecular formula is C42H63Na7O56S7. The first-order chi connectivity index (χ1) is 48.2. The van der Waals surface area contributed by atoms with Crippen molar-refractivity contribution in [2.45, 2.75) is 215 Å². The fraction of sp³-hybridized carbons (Fsp3) is 1.00. The van der Waals surface area contributed by atoms with E-state index >= 15 is 0 Å². The van der Waals surface area contributed by atoms with Crippen LogP contribution in [0.15, 0.2) is 0 Å². The van der Waals surface area contributed by atoms with Crippen LogP contribution in [-0.4, -0.2) is 423 Å². The van der Waals surface area contributed by atoms with Gasteiger partial charge in [0.1, 0.15) is 171 Å². The fourth-order valence-electron chi connectivity index (χ4n) is 11.4. The topological polar surface area (TPSA) is 877 Å². The first-order valence-electron chi connectivity index (χ1n) is 29.1. The molecule has 0 aromatic carbocycles. The maximum atomic E-state index is 11.8. The molecule has 56 nitrogen and oxygen atoms in total. The summed E-state index contributed by atoms with van der Waals surface area (Å²) >= 11 is 0. The molecule has 21 aliphatic heterocycles. The number of ether oxygens (including phenoxy) is 14. The van der Waals surface area contributed by atoms with Gasteiger partial charge in [-0.1, -0.05) is 0 Å². The van der Waals surface area contributed by atoms with Crippen LogP contribution in [0.25, 0.3) is 0 Å². The molecule has 21 aliphatic rings. The van der Waals surface area contributed by atoms with Crippen LogP contribution in [0, 0.1) is 0 Å². The van der Waals surface area contributed by atoms with Gasteiger partial charge in [0.05, 0.1) is 46.2 Å². The van der Waals surface area contributed by atoms with E-state index in [2.05, 4.69) is 29.3 Å². The van der Waals surface area contributed by atoms with E-state index in [0.717, 1.165) is 0 Å². The summed E-state index contributed by atoms with van der Waals surface area (Å²) < 4.78 is 355. The average molecular weight is 1850 g/mol. The molecule has 0 spiro atoms. The standard InChI is InChI=1S/C42H70O56S7.7Na/c43-15-22(50)36-85-8(1-78-99(57,58)59)29(15)92-37-23(51)16(44)31(10(86-37)3-80-101(63,64)65)94-39-25(53)18(46)33(12(88-39)5-82-103(69,70)71)96-41-27(55)20(48)35(14(90-41)7-84-105(75,76)77)98-42-28(56)21(49)34(13(91-42)6-83-104(72,73)74)97-40-26(54)19(47)32(11(89-40)4-81-102(66,67)68)95-38-24(52)17(45)30(93-36)9(87-38)2-79-100(60,61)62;;;;;;;/h8-56H,1-7H2,(H,57,58,59)(H,60,61,62)(H,63,64,65)(H,66,67,68)(H,69,70,71)(H,72,73,74)(H,75,76,77);;;;;;;/q;7*+1/p-7/t8-,9-,10-,11-,12-,13-,14-,15-,16-,17-,18-,19-,20-,21-,22-,23-,24-,25-,26-,27-,28+,29-,30-,31-,32-,33-,34-,35-,36?,37-,38-,39-,40-,41-,42-;;;;;;;/m0......./s1. The zero-order chi connectivity index (χ0) is 78.5. The summed E-state index contributed by atoms with van der Waals surface area (Å²) in [6.45, 7) is -12.2. The van der Waals surface area contributed by atoms with E-state index in [1.807, 2.05) is 0 Å². The van der Waals surface area contributed by atoms with Crippen molar-refractivity contribution >= 4 is 72.8 Å². The van der Waals surface area contributed by atoms with E-state index in [4.69, 9.17) is 66.3 Å². The van der Waals surface area contributed by atoms with Crippen molar-refractivity contribution in [1.82, 2.24) is 0 Å². The third-order valence-corrected chi connectivity index (χ3v) is 19.1. The summed E-state index contributed by atoms with van der Waals surface area (Å²) in [4.78, 5) is 0. The molecule has 14 bridgehead atoms. The molecule has 21 rings (SSSR count). The van der Waals surface area contributed by atoms with Gasteiger partial charge in [-0.3, -0.25) is 29.3 Å². The Kier molecular flexibility index (Phi) is 48.6. The van der Waals surface area contributed by atoms with Crippen molar-refractivity contribution in [1.29, 1.82) is 0 Å². The monoisotopic (exact) mass is 1850 g/mol. The molecular weight excluding hydrogens is 1790 g/mol. The molecule has 0 saturated carbocycles. The quantitative estimate of drug-likeness (QED) is 0.0288. The summed E-state index contributed by atoms with van der Waals surface area (Å²) in [5.74, 6) is 0. The van der Waals surface area contributed by atoms with Crippen LogP contribution in [0.3, 0.4) is 0 Å². The van der Waals surface area contributed by atoms with Crippen molar-refractivity contribution in [3.63, 3.8) is 0 Å². The average Bonchev–Trinajstić information content (AvgIpc) is 0.778. The minimum absolute atomic E-state index is 0. The van der Waals surface area contributed by atoms with E-state index in [1.165, 1.54) is 0 Å². The summed E-state index contributed by atoms with van der Waals surface area (Å²) in [5, 5.41) is 162. The van der Waals surface area contributed by atoms with Crippen molar-refractivity contribution in [3.8, 4) is 0 Å². The summed E-state index contributed by atoms with van der Waals surface area (Å²) in [6.07, 6.45) is -95.2. The zero-order valence-electron chi connectivity index (χ0n) is 58.4. The second-order valence-corrected chi connectivity index (χ2v) is 30.6. The number of aliphatic hydroxyl groups is 14. The van der Waals surface area contributed by atoms with Crippen LogP contribution in [0.5, 0.6) is 0 Å². The van der Waals surface area contributed by atoms with E-state index in [0.29, 0.717) is 0 Å². The molecule has 0 amide bonds. The Morgan fingerprint density at radius 3 is 0.348 bits per heavy atom. The van der Waals surface area contributed by atoms with Crippen molar-refractivity contribution in [3.05, 3.63) is 0 Å². The molecule has 616 valence electrons. The van der Waals surface area contributed by atoms with Gasteiger partial charge >= 0.3 is 207 Å². The van der Waals surface area contributed by atoms with Gasteiger partial charge in [-0.25, -0.2) is 58.9 Å². The SMILES string of the molecule is O=S(=O)([O-])OC[C@@H]1OC2O[C@@H]3[C@@H](O)[C@H](O)[C@H](O[C@@H]4[C@@H](O)[C@H](O)[C@H](O[C@@H]5[C@@H](O)[C@@H](O)[C@H](O[C@@H]6[C@@H](O)[C@H](O)[C@H](O[C@@H]7[C@@H](O)[C@H](O)[C@H](O[C@@H]8[C@@H](O)[C@H](O)[C@H](O[C@@H]1[C@@H](O)[C@@H]2O)O[C@H]8COS(=O)(=O)[O-])O[C@H]7COS(=O)(=O)[O-])O[C@H]6COS(=O)(=O)[O-])O[C@H]5COS(=O)(=O)[O-])O[C@H]4COS(=O)(=O)[O-])O[C@H]3COS(=O)(=O)[O-].[Na+].[Na+].[Na+].[Na+].[Na+].[Na+].[Na+]. The minimum atomic E-state index is -5.94. The Morgan fingerprint density at radius 2 is 0.268 bits per heavy atom. The van der Waals surface area contributed by atoms with Gasteiger partial charge in [-0.2, -0.15) is 0 Å². The van der Waals surface area contributed by atoms with E-state index < -0.39 is 334 Å². The second-order valence-electron chi connectivity index (χ2n) is 23.2. The molecule has 21 saturated heterocycles. The summed E-state index contributed by atoms with van der Waals surface area (Å²) in [7, 11) is -41.6. The maximum absolute atomic E-state index is 11.8. The van der Waals surface area contributed by atoms with Gasteiger partial charge in [0.2, 0.25) is 72.8 Å². The van der Waals surface area contributed by atoms with Crippen LogP contribution in [0.2, 0.25) is 0 Å². The molecule has 21 heterocycles. The molecule has 70 heteroatoms. The Balaban J connectivity index is 0.00000896. The van der Waals surface area contributed by atoms with Crippen molar-refractivity contribution < 1.29 is 465 Å². The smallest absolute Gasteiger partial charge is 0.726 e. The molecule has 0 aromatic rings. The predicted octanol–water partition coefficient (Wildman–Crippen LogP) is -39.8. The maximum Gasteiger partial charge on any atom is 1.00 e. The summed E-state index contributed by atoms with van der Waals surface area (Å²) in [6, 6.07) is 0. The van der Waals surface area contributed by atoms with Crippen LogP contribution in [-0.2, 0) is 168 Å². The van der Waals surface area contributed by atoms with Gasteiger partial charge in [0.15, 0.2) is 44.0 Å². The molecule has 14 N–H and O–H groups in total. The van der Waals surface area contributed by atoms with Crippen molar-refractivity contribution in [2.24, 2.45) is 0 Å². The number of aliphatic hydroxyl groups excluding tert-OH is 14. The zero-order valence-corrected chi connectivity index (χ0v) is 78.1. The Hall–Kier alpha value is 4.97. The molecule has 35 atom stereocenters. The third-order valence-electron chi connectivity index (χ3n) is 16.2. The molecule has 0 aromatic heterocycles. The molecule has 112 heavy (non-hydrogen) atoms. The second kappa shape index (κ2) is 47.3. The van der Waals surface area contributed by atoms with Gasteiger partial charge in [0, 0.05) is 0 Å². The van der Waals surface area contributed by atoms with Gasteiger partial charge in [0.25, 0.3) is 0 Å². The summed E-state index contributed by atoms with van der Waals surface area (Å²) in [5.41, 5.74) is 0. The van der Waals surface area contributed by atoms with E-state index in [9.17, 15) is 162 Å². The van der Waals surface area contributed by atoms with E-state index in [-0.39, 0.29) is 207 Å². The molecule has 21 fully saturated rings. The van der Waals surface area contributed by atoms with Gasteiger partial charge < -0.3 is 170 Å². The van der Waals surface area contributed by atoms with Crippen LogP contribution >= 0.6 is 0 Å². The number of rotatable bonds is 21. The Labute approximate surface area is 788 Å². The van der Waals surface area contributed by atoms with Gasteiger partial charge in [-0.05, 0) is 0 Å². The third kappa shape index (κ3) is 32.3. The van der Waals surface area contributed by atoms with E-state index in [1.54, 1.807) is 0 Å². The predicted molar refractivity (Wildman–Crippen MR) is 288 cm³/mol.